The number of amides is 1. The number of likely N-dealkylation sites (tertiary alicyclic amines) is 1. The monoisotopic (exact) mass is 475 g/mol. The fourth-order valence-corrected chi connectivity index (χ4v) is 6.08. The Balaban J connectivity index is 1.44. The Morgan fingerprint density at radius 2 is 1.79 bits per heavy atom. The third-order valence-electron chi connectivity index (χ3n) is 8.48. The number of fused-ring (bicyclic) bond motifs is 1. The van der Waals surface area contributed by atoms with E-state index in [0.717, 1.165) is 12.8 Å². The zero-order valence-electron chi connectivity index (χ0n) is 20.4. The molecule has 8 nitrogen and oxygen atoms in total. The van der Waals surface area contributed by atoms with Crippen molar-refractivity contribution in [1.29, 1.82) is 0 Å². The Hall–Kier alpha value is -2.22. The number of carbonyl (C=O) groups is 4. The zero-order chi connectivity index (χ0) is 25.0. The standard InChI is InChI=1S/C26H37NO7/c1-5-16-11-26(16,24(32)33)12-21(29)20-9-17(28)13-27(20)23(31)19(25(2,3)4)10-22(30)34-18-7-14-6-15(14)8-18/h5,14-20,28H,1,6-13H2,2-4H3,(H,32,33)/t14-,15?,16+,17+,18?,19+,20-,26?/m0/s1. The van der Waals surface area contributed by atoms with E-state index in [-0.39, 0.29) is 49.5 Å². The van der Waals surface area contributed by atoms with Gasteiger partial charge >= 0.3 is 11.9 Å². The molecule has 4 rings (SSSR count). The summed E-state index contributed by atoms with van der Waals surface area (Å²) in [5.41, 5.74) is -1.74. The Bertz CT molecular complexity index is 882. The smallest absolute Gasteiger partial charge is 0.310 e. The Morgan fingerprint density at radius 1 is 1.15 bits per heavy atom. The van der Waals surface area contributed by atoms with Crippen LogP contribution < -0.4 is 0 Å². The number of rotatable bonds is 9. The maximum absolute atomic E-state index is 13.6. The molecule has 4 fully saturated rings. The van der Waals surface area contributed by atoms with Crippen LogP contribution in [0.3, 0.4) is 0 Å². The molecule has 2 N–H and O–H groups in total. The van der Waals surface area contributed by atoms with Gasteiger partial charge in [0, 0.05) is 19.4 Å². The highest BCUT2D eigenvalue weighted by Crippen LogP contribution is 2.56. The summed E-state index contributed by atoms with van der Waals surface area (Å²) in [6.07, 6.45) is 3.78. The van der Waals surface area contributed by atoms with Crippen LogP contribution in [0.2, 0.25) is 0 Å². The normalized spacial score (nSPS) is 37.0. The van der Waals surface area contributed by atoms with E-state index in [1.165, 1.54) is 11.3 Å². The molecular weight excluding hydrogens is 438 g/mol. The Morgan fingerprint density at radius 3 is 2.32 bits per heavy atom. The summed E-state index contributed by atoms with van der Waals surface area (Å²) in [5.74, 6) is -1.81. The van der Waals surface area contributed by atoms with Crippen molar-refractivity contribution < 1.29 is 34.1 Å². The fourth-order valence-electron chi connectivity index (χ4n) is 6.08. The first-order chi connectivity index (χ1) is 15.9. The molecular formula is C26H37NO7. The van der Waals surface area contributed by atoms with Gasteiger partial charge < -0.3 is 19.8 Å². The first kappa shape index (κ1) is 24.9. The van der Waals surface area contributed by atoms with Gasteiger partial charge in [-0.2, -0.15) is 0 Å². The number of carboxylic acid groups (broad SMARTS) is 1. The van der Waals surface area contributed by atoms with E-state index in [2.05, 4.69) is 6.58 Å². The van der Waals surface area contributed by atoms with Crippen molar-refractivity contribution in [2.75, 3.05) is 6.54 Å². The summed E-state index contributed by atoms with van der Waals surface area (Å²) in [6.45, 7) is 9.26. The van der Waals surface area contributed by atoms with Gasteiger partial charge in [-0.3, -0.25) is 19.2 Å². The van der Waals surface area contributed by atoms with Gasteiger partial charge in [0.2, 0.25) is 5.91 Å². The van der Waals surface area contributed by atoms with Crippen LogP contribution in [0.1, 0.15) is 65.7 Å². The zero-order valence-corrected chi connectivity index (χ0v) is 20.4. The largest absolute Gasteiger partial charge is 0.481 e. The summed E-state index contributed by atoms with van der Waals surface area (Å²) in [5, 5.41) is 20.0. The lowest BCUT2D eigenvalue weighted by Gasteiger charge is -2.35. The lowest BCUT2D eigenvalue weighted by atomic mass is 9.77. The van der Waals surface area contributed by atoms with Gasteiger partial charge in [-0.15, -0.1) is 6.58 Å². The predicted octanol–water partition coefficient (Wildman–Crippen LogP) is 2.58. The molecule has 1 saturated heterocycles. The quantitative estimate of drug-likeness (QED) is 0.388. The van der Waals surface area contributed by atoms with Crippen LogP contribution in [-0.2, 0) is 23.9 Å². The van der Waals surface area contributed by atoms with Crippen molar-refractivity contribution in [1.82, 2.24) is 4.90 Å². The van der Waals surface area contributed by atoms with Crippen molar-refractivity contribution in [3.8, 4) is 0 Å². The van der Waals surface area contributed by atoms with Crippen molar-refractivity contribution in [2.24, 2.45) is 34.5 Å². The van der Waals surface area contributed by atoms with Crippen molar-refractivity contribution in [2.45, 2.75) is 84.0 Å². The highest BCUT2D eigenvalue weighted by Gasteiger charge is 2.61. The average molecular weight is 476 g/mol. The van der Waals surface area contributed by atoms with Crippen LogP contribution in [0.15, 0.2) is 12.7 Å². The molecule has 0 spiro atoms. The molecule has 3 unspecified atom stereocenters. The van der Waals surface area contributed by atoms with Crippen LogP contribution >= 0.6 is 0 Å². The number of carboxylic acids is 1. The molecule has 8 heteroatoms. The second-order valence-electron chi connectivity index (χ2n) is 12.0. The lowest BCUT2D eigenvalue weighted by Crippen LogP contribution is -2.48. The third kappa shape index (κ3) is 4.79. The maximum atomic E-state index is 13.6. The number of allylic oxidation sites excluding steroid dienone is 1. The van der Waals surface area contributed by atoms with Gasteiger partial charge in [-0.25, -0.2) is 0 Å². The van der Waals surface area contributed by atoms with Gasteiger partial charge in [0.15, 0.2) is 5.78 Å². The Labute approximate surface area is 200 Å². The molecule has 4 aliphatic rings. The number of aliphatic hydroxyl groups excluding tert-OH is 1. The number of aliphatic hydroxyl groups is 1. The Kier molecular flexibility index (Phi) is 6.42. The number of ether oxygens (including phenoxy) is 1. The summed E-state index contributed by atoms with van der Waals surface area (Å²) < 4.78 is 5.67. The second kappa shape index (κ2) is 8.77. The average Bonchev–Trinajstić information content (AvgIpc) is 3.56. The first-order valence-corrected chi connectivity index (χ1v) is 12.4. The molecule has 0 aromatic heterocycles. The van der Waals surface area contributed by atoms with Crippen LogP contribution in [0, 0.1) is 34.5 Å². The molecule has 3 saturated carbocycles. The minimum Gasteiger partial charge on any atom is -0.481 e. The summed E-state index contributed by atoms with van der Waals surface area (Å²) >= 11 is 0. The van der Waals surface area contributed by atoms with Gasteiger partial charge in [-0.1, -0.05) is 26.8 Å². The predicted molar refractivity (Wildman–Crippen MR) is 122 cm³/mol. The van der Waals surface area contributed by atoms with Gasteiger partial charge in [0.05, 0.1) is 29.9 Å². The minimum atomic E-state index is -1.17. The van der Waals surface area contributed by atoms with Crippen molar-refractivity contribution >= 4 is 23.6 Å². The first-order valence-electron chi connectivity index (χ1n) is 12.4. The fraction of sp³-hybridized carbons (Fsp3) is 0.769. The number of Topliss-reactive ketones (excluding diaryl/α,β-unsaturated/α-hetero) is 1. The van der Waals surface area contributed by atoms with E-state index in [0.29, 0.717) is 18.3 Å². The van der Waals surface area contributed by atoms with Crippen molar-refractivity contribution in [3.05, 3.63) is 12.7 Å². The van der Waals surface area contributed by atoms with E-state index in [4.69, 9.17) is 4.74 Å². The molecule has 34 heavy (non-hydrogen) atoms. The van der Waals surface area contributed by atoms with Gasteiger partial charge in [0.1, 0.15) is 6.10 Å². The van der Waals surface area contributed by atoms with Crippen molar-refractivity contribution in [3.63, 3.8) is 0 Å². The molecule has 8 atom stereocenters. The van der Waals surface area contributed by atoms with Gasteiger partial charge in [0.25, 0.3) is 0 Å². The highest BCUT2D eigenvalue weighted by atomic mass is 16.5. The number of carbonyl (C=O) groups excluding carboxylic acids is 3. The van der Waals surface area contributed by atoms with Crippen LogP contribution in [0.4, 0.5) is 0 Å². The van der Waals surface area contributed by atoms with Crippen LogP contribution in [0.25, 0.3) is 0 Å². The number of esters is 1. The van der Waals surface area contributed by atoms with E-state index in [1.54, 1.807) is 6.08 Å². The third-order valence-corrected chi connectivity index (χ3v) is 8.48. The summed E-state index contributed by atoms with van der Waals surface area (Å²) in [6, 6.07) is -0.896. The van der Waals surface area contributed by atoms with E-state index in [1.807, 2.05) is 20.8 Å². The second-order valence-corrected chi connectivity index (χ2v) is 12.0. The molecule has 0 radical (unpaired) electrons. The molecule has 0 bridgehead atoms. The van der Waals surface area contributed by atoms with Crippen LogP contribution in [-0.4, -0.2) is 63.5 Å². The number of hydrogen-bond donors (Lipinski definition) is 2. The molecule has 0 aromatic carbocycles. The molecule has 1 amide bonds. The van der Waals surface area contributed by atoms with Crippen LogP contribution in [0.5, 0.6) is 0 Å². The van der Waals surface area contributed by atoms with E-state index in [9.17, 15) is 29.4 Å². The number of aliphatic carboxylic acids is 1. The topological polar surface area (TPSA) is 121 Å². The number of ketones is 1. The summed E-state index contributed by atoms with van der Waals surface area (Å²) in [7, 11) is 0. The minimum absolute atomic E-state index is 0.00614. The highest BCUT2D eigenvalue weighted by molar-refractivity contribution is 5.95. The number of β-amino-alcohol motifs (C(OH)–C–C–N with tert-alkyl or cyclic N) is 1. The maximum Gasteiger partial charge on any atom is 0.310 e. The summed E-state index contributed by atoms with van der Waals surface area (Å²) in [4.78, 5) is 52.8. The number of nitrogens with zero attached hydrogens (tertiary/aromatic N) is 1. The lowest BCUT2D eigenvalue weighted by molar-refractivity contribution is -0.157. The SMILES string of the molecule is C=C[C@@H]1CC1(CC(=O)[C@@H]1C[C@@H](O)CN1C(=O)[C@@H](CC(=O)OC1CC2C[C@H]2C1)C(C)(C)C)C(=O)O. The molecule has 1 aliphatic heterocycles. The molecule has 1 heterocycles. The molecule has 3 aliphatic carbocycles. The molecule has 0 aromatic rings. The van der Waals surface area contributed by atoms with E-state index >= 15 is 0 Å². The molecule has 188 valence electrons. The van der Waals surface area contributed by atoms with E-state index < -0.39 is 40.8 Å². The number of hydrogen-bond acceptors (Lipinski definition) is 6. The van der Waals surface area contributed by atoms with Gasteiger partial charge in [-0.05, 0) is 48.9 Å².